The van der Waals surface area contributed by atoms with E-state index in [9.17, 15) is 5.11 Å². The number of benzene rings is 1. The molecule has 0 aromatic heterocycles. The van der Waals surface area contributed by atoms with Gasteiger partial charge in [-0.05, 0) is 32.6 Å². The van der Waals surface area contributed by atoms with Gasteiger partial charge in [0.25, 0.3) is 0 Å². The number of aromatic hydroxyl groups is 1. The Hall–Kier alpha value is -0.480. The molecular formula is C14H27Cl2N2O-. The summed E-state index contributed by atoms with van der Waals surface area (Å²) in [7, 11) is 0. The molecule has 1 aromatic rings. The topological polar surface area (TPSA) is 40.1 Å². The third-order valence-electron chi connectivity index (χ3n) is 2.70. The number of phenols is 1. The number of quaternary nitrogens is 1. The van der Waals surface area contributed by atoms with E-state index in [0.29, 0.717) is 5.75 Å². The Morgan fingerprint density at radius 3 is 1.74 bits per heavy atom. The molecule has 3 nitrogen and oxygen atoms in total. The Kier molecular flexibility index (Phi) is 19.3. The fourth-order valence-electron chi connectivity index (χ4n) is 1.55. The average molecular weight is 310 g/mol. The summed E-state index contributed by atoms with van der Waals surface area (Å²) in [6, 6.07) is 7.34. The van der Waals surface area contributed by atoms with Gasteiger partial charge in [-0.2, -0.15) is 0 Å². The quantitative estimate of drug-likeness (QED) is 0.429. The molecule has 0 fully saturated rings. The number of halogens is 2. The average Bonchev–Trinajstić information content (AvgIpc) is 2.35. The lowest BCUT2D eigenvalue weighted by Gasteiger charge is -2.13. The van der Waals surface area contributed by atoms with E-state index in [4.69, 9.17) is 0 Å². The Bertz CT molecular complexity index is 289. The van der Waals surface area contributed by atoms with Gasteiger partial charge in [0.2, 0.25) is 0 Å². The van der Waals surface area contributed by atoms with Gasteiger partial charge in [-0.3, -0.25) is 0 Å². The lowest BCUT2D eigenvalue weighted by atomic mass is 10.3. The minimum absolute atomic E-state index is 0. The van der Waals surface area contributed by atoms with Crippen LogP contribution in [0.2, 0.25) is 0 Å². The highest BCUT2D eigenvalue weighted by Crippen LogP contribution is 2.15. The fourth-order valence-corrected chi connectivity index (χ4v) is 1.55. The van der Waals surface area contributed by atoms with E-state index in [2.05, 4.69) is 25.7 Å². The highest BCUT2D eigenvalue weighted by molar-refractivity contribution is 5.43. The molecule has 0 aliphatic carbocycles. The van der Waals surface area contributed by atoms with Crippen molar-refractivity contribution < 1.29 is 35.2 Å². The second-order valence-corrected chi connectivity index (χ2v) is 3.79. The minimum Gasteiger partial charge on any atom is -1.00 e. The second-order valence-electron chi connectivity index (χ2n) is 3.79. The van der Waals surface area contributed by atoms with E-state index in [1.54, 1.807) is 6.07 Å². The first-order valence-electron chi connectivity index (χ1n) is 6.52. The van der Waals surface area contributed by atoms with Crippen molar-refractivity contribution >= 4 is 5.69 Å². The lowest BCUT2D eigenvalue weighted by molar-refractivity contribution is -0.568. The minimum atomic E-state index is 0. The van der Waals surface area contributed by atoms with Gasteiger partial charge < -0.3 is 40.1 Å². The van der Waals surface area contributed by atoms with Gasteiger partial charge in [0, 0.05) is 6.07 Å². The van der Waals surface area contributed by atoms with Crippen LogP contribution in [0.5, 0.6) is 5.75 Å². The number of nitrogens with zero attached hydrogens (tertiary/aromatic N) is 1. The van der Waals surface area contributed by atoms with E-state index in [1.165, 1.54) is 19.6 Å². The van der Waals surface area contributed by atoms with Crippen LogP contribution in [0.3, 0.4) is 0 Å². The molecule has 0 radical (unpaired) electrons. The SMILES string of the molecule is CCN(CC)CC.CC[NH2+]c1ccccc1O.[Cl-].[Cl-]. The van der Waals surface area contributed by atoms with E-state index in [1.807, 2.05) is 30.4 Å². The van der Waals surface area contributed by atoms with Crippen molar-refractivity contribution in [3.05, 3.63) is 24.3 Å². The normalized spacial score (nSPS) is 8.89. The zero-order valence-electron chi connectivity index (χ0n) is 12.4. The van der Waals surface area contributed by atoms with Gasteiger partial charge in [-0.1, -0.05) is 32.9 Å². The third kappa shape index (κ3) is 11.1. The van der Waals surface area contributed by atoms with Crippen LogP contribution in [0.15, 0.2) is 24.3 Å². The molecule has 0 spiro atoms. The molecule has 19 heavy (non-hydrogen) atoms. The Balaban J connectivity index is -0.000000258. The number of hydrogen-bond donors (Lipinski definition) is 2. The Morgan fingerprint density at radius 2 is 1.42 bits per heavy atom. The van der Waals surface area contributed by atoms with Crippen molar-refractivity contribution in [2.24, 2.45) is 0 Å². The summed E-state index contributed by atoms with van der Waals surface area (Å²) >= 11 is 0. The van der Waals surface area contributed by atoms with Crippen LogP contribution in [-0.2, 0) is 0 Å². The monoisotopic (exact) mass is 309 g/mol. The maximum Gasteiger partial charge on any atom is 0.177 e. The molecule has 0 atom stereocenters. The first-order chi connectivity index (χ1) is 8.19. The number of para-hydroxylation sites is 2. The Morgan fingerprint density at radius 1 is 0.947 bits per heavy atom. The van der Waals surface area contributed by atoms with Crippen molar-refractivity contribution in [3.8, 4) is 5.75 Å². The molecule has 0 heterocycles. The van der Waals surface area contributed by atoms with Gasteiger partial charge >= 0.3 is 0 Å². The smallest absolute Gasteiger partial charge is 0.177 e. The zero-order valence-corrected chi connectivity index (χ0v) is 13.9. The van der Waals surface area contributed by atoms with Crippen LogP contribution in [0.25, 0.3) is 0 Å². The summed E-state index contributed by atoms with van der Waals surface area (Å²) in [5.41, 5.74) is 0.921. The number of nitrogens with two attached hydrogens (primary N) is 1. The summed E-state index contributed by atoms with van der Waals surface area (Å²) in [5, 5.41) is 11.2. The summed E-state index contributed by atoms with van der Waals surface area (Å²) in [6.45, 7) is 13.1. The van der Waals surface area contributed by atoms with Crippen molar-refractivity contribution in [3.63, 3.8) is 0 Å². The number of hydrogen-bond acceptors (Lipinski definition) is 2. The summed E-state index contributed by atoms with van der Waals surface area (Å²) in [4.78, 5) is 2.38. The number of rotatable bonds is 5. The summed E-state index contributed by atoms with van der Waals surface area (Å²) in [6.07, 6.45) is 0. The van der Waals surface area contributed by atoms with E-state index < -0.39 is 0 Å². The van der Waals surface area contributed by atoms with Crippen LogP contribution >= 0.6 is 0 Å². The molecule has 0 saturated heterocycles. The van der Waals surface area contributed by atoms with Crippen LogP contribution in [0.4, 0.5) is 5.69 Å². The molecule has 114 valence electrons. The standard InChI is InChI=1S/C8H11NO.C6H15N.2ClH/c1-2-9-7-5-3-4-6-8(7)10;1-4-7(5-2)6-3;;/h3-6,9-10H,2H2,1H3;4-6H2,1-3H3;2*1H/p-1. The predicted octanol–water partition coefficient (Wildman–Crippen LogP) is -4.04. The van der Waals surface area contributed by atoms with Crippen LogP contribution < -0.4 is 30.1 Å². The highest BCUT2D eigenvalue weighted by atomic mass is 35.5. The summed E-state index contributed by atoms with van der Waals surface area (Å²) in [5.74, 6) is 0.365. The molecule has 0 aliphatic rings. The second kappa shape index (κ2) is 15.6. The summed E-state index contributed by atoms with van der Waals surface area (Å²) < 4.78 is 0. The molecule has 1 rings (SSSR count). The van der Waals surface area contributed by atoms with Crippen LogP contribution in [0.1, 0.15) is 27.7 Å². The molecule has 0 aliphatic heterocycles. The molecule has 0 amide bonds. The lowest BCUT2D eigenvalue weighted by Crippen LogP contribution is -3.00. The van der Waals surface area contributed by atoms with E-state index in [-0.39, 0.29) is 24.8 Å². The van der Waals surface area contributed by atoms with Gasteiger partial charge in [-0.25, -0.2) is 0 Å². The molecular weight excluding hydrogens is 283 g/mol. The molecule has 0 saturated carbocycles. The molecule has 0 bridgehead atoms. The van der Waals surface area contributed by atoms with E-state index >= 15 is 0 Å². The molecule has 0 unspecified atom stereocenters. The largest absolute Gasteiger partial charge is 1.00 e. The van der Waals surface area contributed by atoms with Gasteiger partial charge in [-0.15, -0.1) is 0 Å². The van der Waals surface area contributed by atoms with E-state index in [0.717, 1.165) is 12.2 Å². The maximum absolute atomic E-state index is 9.21. The van der Waals surface area contributed by atoms with Gasteiger partial charge in [0.1, 0.15) is 0 Å². The molecule has 5 heteroatoms. The van der Waals surface area contributed by atoms with Crippen LogP contribution in [-0.4, -0.2) is 36.2 Å². The van der Waals surface area contributed by atoms with Crippen LogP contribution in [0, 0.1) is 0 Å². The predicted molar refractivity (Wildman–Crippen MR) is 73.7 cm³/mol. The fraction of sp³-hybridized carbons (Fsp3) is 0.571. The van der Waals surface area contributed by atoms with Gasteiger partial charge in [0.05, 0.1) is 6.54 Å². The third-order valence-corrected chi connectivity index (χ3v) is 2.70. The van der Waals surface area contributed by atoms with Crippen molar-refractivity contribution in [2.45, 2.75) is 27.7 Å². The molecule has 1 aromatic carbocycles. The van der Waals surface area contributed by atoms with Crippen molar-refractivity contribution in [1.29, 1.82) is 0 Å². The highest BCUT2D eigenvalue weighted by Gasteiger charge is 1.99. The maximum atomic E-state index is 9.21. The first kappa shape index (κ1) is 23.6. The number of phenolic OH excluding ortho intramolecular Hbond substituents is 1. The zero-order chi connectivity index (χ0) is 13.1. The first-order valence-corrected chi connectivity index (χ1v) is 6.52. The van der Waals surface area contributed by atoms with Crippen molar-refractivity contribution in [2.75, 3.05) is 26.2 Å². The molecule has 3 N–H and O–H groups in total. The van der Waals surface area contributed by atoms with Gasteiger partial charge in [0.15, 0.2) is 11.4 Å². The van der Waals surface area contributed by atoms with Crippen molar-refractivity contribution in [1.82, 2.24) is 4.90 Å². The Labute approximate surface area is 130 Å².